The van der Waals surface area contributed by atoms with E-state index in [4.69, 9.17) is 19.4 Å². The first-order valence-corrected chi connectivity index (χ1v) is 17.3. The number of anilines is 1. The van der Waals surface area contributed by atoms with E-state index in [-0.39, 0.29) is 11.9 Å². The summed E-state index contributed by atoms with van der Waals surface area (Å²) in [5.41, 5.74) is 2.82. The van der Waals surface area contributed by atoms with Crippen molar-refractivity contribution in [2.24, 2.45) is 0 Å². The van der Waals surface area contributed by atoms with Gasteiger partial charge >= 0.3 is 6.01 Å². The number of aromatic hydroxyl groups is 1. The number of aliphatic hydroxyl groups is 1. The molecule has 10 heteroatoms. The minimum Gasteiger partial charge on any atom is -0.508 e. The third kappa shape index (κ3) is 6.37. The third-order valence-corrected chi connectivity index (χ3v) is 10.7. The molecule has 1 aromatic heterocycles. The number of nitrogens with zero attached hydrogens (tertiary/aromatic N) is 6. The number of β-amino-alcohol motifs (C(OH)–C–C–N with tert-alkyl or cyclic N) is 1. The molecular weight excluding hydrogens is 592 g/mol. The normalized spacial score (nSPS) is 24.8. The Bertz CT molecular complexity index is 1720. The Morgan fingerprint density at radius 1 is 0.894 bits per heavy atom. The van der Waals surface area contributed by atoms with E-state index in [2.05, 4.69) is 50.9 Å². The highest BCUT2D eigenvalue weighted by Crippen LogP contribution is 2.40. The number of aromatic nitrogens is 2. The molecule has 2 bridgehead atoms. The molecule has 0 radical (unpaired) electrons. The standard InChI is InChI=1S/C37H46N6O4/c1-40-12-4-6-29(40)24-47-37-38-35-18-26(34-19-30(44)17-25-5-2-3-7-32(25)34)8-11-33(35)36(39-37)43-27-9-10-28(43)21-42(20-27)23-31(45)22-41-13-15-46-16-14-41/h2-3,5,7-8,11,17-19,27-29,31,44-45H,4,6,9-10,12-16,20-24H2,1H3/t27?,28?,29-,31?/m0/s1. The number of phenols is 1. The first-order chi connectivity index (χ1) is 23.0. The third-order valence-electron chi connectivity index (χ3n) is 10.7. The highest BCUT2D eigenvalue weighted by Gasteiger charge is 2.42. The van der Waals surface area contributed by atoms with Crippen molar-refractivity contribution in [1.29, 1.82) is 0 Å². The highest BCUT2D eigenvalue weighted by molar-refractivity contribution is 6.01. The molecule has 0 aliphatic carbocycles. The van der Waals surface area contributed by atoms with Gasteiger partial charge in [-0.15, -0.1) is 0 Å². The highest BCUT2D eigenvalue weighted by atomic mass is 16.5. The zero-order valence-electron chi connectivity index (χ0n) is 27.3. The summed E-state index contributed by atoms with van der Waals surface area (Å²) >= 11 is 0. The number of hydrogen-bond donors (Lipinski definition) is 2. The molecule has 4 saturated heterocycles. The van der Waals surface area contributed by atoms with Crippen LogP contribution < -0.4 is 9.64 Å². The Morgan fingerprint density at radius 3 is 2.47 bits per heavy atom. The molecule has 3 unspecified atom stereocenters. The van der Waals surface area contributed by atoms with Crippen LogP contribution in [0.2, 0.25) is 0 Å². The maximum atomic E-state index is 11.0. The van der Waals surface area contributed by atoms with Crippen molar-refractivity contribution < 1.29 is 19.7 Å². The number of hydrogen-bond acceptors (Lipinski definition) is 10. The Morgan fingerprint density at radius 2 is 1.68 bits per heavy atom. The second-order valence-electron chi connectivity index (χ2n) is 13.9. The summed E-state index contributed by atoms with van der Waals surface area (Å²) < 4.78 is 11.9. The van der Waals surface area contributed by atoms with E-state index >= 15 is 0 Å². The number of rotatable bonds is 9. The second-order valence-corrected chi connectivity index (χ2v) is 13.9. The Labute approximate surface area is 276 Å². The molecule has 5 heterocycles. The molecule has 0 amide bonds. The maximum absolute atomic E-state index is 11.0. The lowest BCUT2D eigenvalue weighted by Crippen LogP contribution is -2.56. The van der Waals surface area contributed by atoms with Gasteiger partial charge in [-0.1, -0.05) is 30.3 Å². The van der Waals surface area contributed by atoms with E-state index in [1.807, 2.05) is 30.3 Å². The summed E-state index contributed by atoms with van der Waals surface area (Å²) in [6, 6.07) is 19.6. The lowest BCUT2D eigenvalue weighted by molar-refractivity contribution is 0.00534. The summed E-state index contributed by atoms with van der Waals surface area (Å²) in [6.45, 7) is 8.12. The molecular formula is C37H46N6O4. The molecule has 0 spiro atoms. The SMILES string of the molecule is CN1CCC[C@H]1COc1nc(N2C3CCC2CN(CC(O)CN2CCOCC2)C3)c2ccc(-c3cc(O)cc4ccccc34)cc2n1. The van der Waals surface area contributed by atoms with E-state index in [1.165, 1.54) is 6.42 Å². The molecule has 4 atom stereocenters. The lowest BCUT2D eigenvalue weighted by atomic mass is 9.97. The van der Waals surface area contributed by atoms with E-state index in [0.29, 0.717) is 43.8 Å². The second kappa shape index (κ2) is 13.2. The van der Waals surface area contributed by atoms with E-state index in [9.17, 15) is 10.2 Å². The number of morpholine rings is 1. The van der Waals surface area contributed by atoms with Crippen LogP contribution in [0.1, 0.15) is 25.7 Å². The Hall–Kier alpha value is -3.54. The molecule has 3 aromatic carbocycles. The fraction of sp³-hybridized carbons (Fsp3) is 0.514. The molecule has 4 aliphatic heterocycles. The Kier molecular flexibility index (Phi) is 8.62. The van der Waals surface area contributed by atoms with Gasteiger partial charge in [-0.3, -0.25) is 9.80 Å². The van der Waals surface area contributed by atoms with Crippen LogP contribution >= 0.6 is 0 Å². The number of likely N-dealkylation sites (tertiary alicyclic amines) is 2. The Balaban J connectivity index is 1.10. The van der Waals surface area contributed by atoms with Gasteiger partial charge < -0.3 is 29.5 Å². The molecule has 10 nitrogen and oxygen atoms in total. The summed E-state index contributed by atoms with van der Waals surface area (Å²) in [6.07, 6.45) is 4.13. The van der Waals surface area contributed by atoms with E-state index < -0.39 is 0 Å². The smallest absolute Gasteiger partial charge is 0.319 e. The van der Waals surface area contributed by atoms with Gasteiger partial charge in [0.2, 0.25) is 0 Å². The van der Waals surface area contributed by atoms with Crippen molar-refractivity contribution >= 4 is 27.5 Å². The van der Waals surface area contributed by atoms with Crippen molar-refractivity contribution in [3.8, 4) is 22.9 Å². The molecule has 4 aliphatic rings. The molecule has 47 heavy (non-hydrogen) atoms. The van der Waals surface area contributed by atoms with Gasteiger partial charge in [0.05, 0.1) is 24.8 Å². The van der Waals surface area contributed by atoms with Gasteiger partial charge in [-0.25, -0.2) is 0 Å². The summed E-state index contributed by atoms with van der Waals surface area (Å²) in [4.78, 5) is 19.8. The average molecular weight is 639 g/mol. The zero-order valence-corrected chi connectivity index (χ0v) is 27.3. The number of aliphatic hydroxyl groups excluding tert-OH is 1. The van der Waals surface area contributed by atoms with Crippen LogP contribution in [0.15, 0.2) is 54.6 Å². The van der Waals surface area contributed by atoms with Crippen LogP contribution in [-0.2, 0) is 4.74 Å². The number of piperazine rings is 1. The van der Waals surface area contributed by atoms with Crippen molar-refractivity contribution in [1.82, 2.24) is 24.7 Å². The predicted octanol–water partition coefficient (Wildman–Crippen LogP) is 3.97. The minimum absolute atomic E-state index is 0.247. The van der Waals surface area contributed by atoms with Crippen LogP contribution in [0.4, 0.5) is 5.82 Å². The van der Waals surface area contributed by atoms with Crippen molar-refractivity contribution in [3.63, 3.8) is 0 Å². The van der Waals surface area contributed by atoms with Crippen molar-refractivity contribution in [2.75, 3.05) is 77.6 Å². The number of benzene rings is 3. The van der Waals surface area contributed by atoms with Gasteiger partial charge in [0, 0.05) is 62.8 Å². The molecule has 0 saturated carbocycles. The van der Waals surface area contributed by atoms with E-state index in [0.717, 1.165) is 104 Å². The largest absolute Gasteiger partial charge is 0.508 e. The van der Waals surface area contributed by atoms with Crippen molar-refractivity contribution in [3.05, 3.63) is 54.6 Å². The van der Waals surface area contributed by atoms with E-state index in [1.54, 1.807) is 0 Å². The number of phenolic OH excluding ortho intramolecular Hbond substituents is 1. The topological polar surface area (TPSA) is 97.7 Å². The number of ether oxygens (including phenoxy) is 2. The van der Waals surface area contributed by atoms with Crippen LogP contribution in [0.5, 0.6) is 11.8 Å². The summed E-state index contributed by atoms with van der Waals surface area (Å²) in [5.74, 6) is 1.19. The van der Waals surface area contributed by atoms with Gasteiger partial charge in [-0.2, -0.15) is 9.97 Å². The molecule has 4 aromatic rings. The minimum atomic E-state index is -0.375. The molecule has 4 fully saturated rings. The lowest BCUT2D eigenvalue weighted by Gasteiger charge is -2.43. The average Bonchev–Trinajstić information content (AvgIpc) is 3.61. The first kappa shape index (κ1) is 30.8. The monoisotopic (exact) mass is 638 g/mol. The van der Waals surface area contributed by atoms with Crippen LogP contribution in [0.25, 0.3) is 32.8 Å². The molecule has 8 rings (SSSR count). The summed E-state index contributed by atoms with van der Waals surface area (Å²) in [5, 5.41) is 24.7. The summed E-state index contributed by atoms with van der Waals surface area (Å²) in [7, 11) is 2.16. The van der Waals surface area contributed by atoms with Gasteiger partial charge in [0.1, 0.15) is 18.2 Å². The van der Waals surface area contributed by atoms with Crippen LogP contribution in [0, 0.1) is 0 Å². The number of likely N-dealkylation sites (N-methyl/N-ethyl adjacent to an activating group) is 1. The first-order valence-electron chi connectivity index (χ1n) is 17.3. The maximum Gasteiger partial charge on any atom is 0.319 e. The van der Waals surface area contributed by atoms with Crippen molar-refractivity contribution in [2.45, 2.75) is 49.9 Å². The zero-order chi connectivity index (χ0) is 31.9. The van der Waals surface area contributed by atoms with Gasteiger partial charge in [0.15, 0.2) is 0 Å². The van der Waals surface area contributed by atoms with Crippen LogP contribution in [-0.4, -0.2) is 132 Å². The molecule has 248 valence electrons. The number of fused-ring (bicyclic) bond motifs is 4. The molecule has 2 N–H and O–H groups in total. The fourth-order valence-electron chi connectivity index (χ4n) is 8.34. The van der Waals surface area contributed by atoms with Crippen LogP contribution in [0.3, 0.4) is 0 Å². The quantitative estimate of drug-likeness (QED) is 0.280. The van der Waals surface area contributed by atoms with Gasteiger partial charge in [-0.05, 0) is 85.4 Å². The predicted molar refractivity (Wildman–Crippen MR) is 184 cm³/mol. The fourth-order valence-corrected chi connectivity index (χ4v) is 8.34. The van der Waals surface area contributed by atoms with Gasteiger partial charge in [0.25, 0.3) is 0 Å².